The van der Waals surface area contributed by atoms with Crippen molar-refractivity contribution < 1.29 is 0 Å². The molecule has 0 amide bonds. The Kier molecular flexibility index (Phi) is 3.11. The van der Waals surface area contributed by atoms with E-state index >= 15 is 0 Å². The lowest BCUT2D eigenvalue weighted by Gasteiger charge is -2.60. The molecule has 0 radical (unpaired) electrons. The summed E-state index contributed by atoms with van der Waals surface area (Å²) >= 11 is 8.29. The van der Waals surface area contributed by atoms with Gasteiger partial charge in [0.1, 0.15) is 0 Å². The van der Waals surface area contributed by atoms with E-state index in [1.165, 1.54) is 37.7 Å². The summed E-state index contributed by atoms with van der Waals surface area (Å²) in [6.45, 7) is 0. The highest BCUT2D eigenvalue weighted by Crippen LogP contribution is 2.66. The first-order valence-corrected chi connectivity index (χ1v) is 9.26. The predicted molar refractivity (Wildman–Crippen MR) is 86.8 cm³/mol. The van der Waals surface area contributed by atoms with Gasteiger partial charge in [-0.1, -0.05) is 62.2 Å². The number of halogens is 2. The standard InChI is InChI=1S/C17H20Br2/c18-16(13-4-2-1-3-5-13)17(19)14-7-11-6-12(9-14)10-15(17)8-11/h1-5,11-12,14-16H,6-10H2. The molecule has 4 bridgehead atoms. The molecule has 1 unspecified atom stereocenters. The van der Waals surface area contributed by atoms with E-state index < -0.39 is 0 Å². The first-order chi connectivity index (χ1) is 9.18. The lowest BCUT2D eigenvalue weighted by Crippen LogP contribution is -2.55. The van der Waals surface area contributed by atoms with Crippen LogP contribution >= 0.6 is 31.9 Å². The maximum absolute atomic E-state index is 4.24. The average molecular weight is 384 g/mol. The Morgan fingerprint density at radius 2 is 1.42 bits per heavy atom. The van der Waals surface area contributed by atoms with Crippen molar-refractivity contribution in [2.75, 3.05) is 0 Å². The first kappa shape index (κ1) is 12.9. The predicted octanol–water partition coefficient (Wildman–Crippen LogP) is 5.71. The second-order valence-electron chi connectivity index (χ2n) is 6.90. The molecule has 4 fully saturated rings. The van der Waals surface area contributed by atoms with E-state index in [9.17, 15) is 0 Å². The van der Waals surface area contributed by atoms with E-state index in [2.05, 4.69) is 62.2 Å². The van der Waals surface area contributed by atoms with Gasteiger partial charge in [-0.15, -0.1) is 0 Å². The van der Waals surface area contributed by atoms with Crippen LogP contribution in [-0.2, 0) is 0 Å². The fourth-order valence-corrected chi connectivity index (χ4v) is 7.26. The van der Waals surface area contributed by atoms with Gasteiger partial charge in [0, 0.05) is 4.32 Å². The molecule has 4 aliphatic carbocycles. The van der Waals surface area contributed by atoms with Gasteiger partial charge in [-0.2, -0.15) is 0 Å². The molecule has 0 spiro atoms. The second kappa shape index (κ2) is 4.59. The van der Waals surface area contributed by atoms with Gasteiger partial charge in [-0.25, -0.2) is 0 Å². The van der Waals surface area contributed by atoms with E-state index in [1.807, 2.05) is 0 Å². The molecule has 0 nitrogen and oxygen atoms in total. The summed E-state index contributed by atoms with van der Waals surface area (Å²) in [5, 5.41) is 0. The van der Waals surface area contributed by atoms with Crippen LogP contribution in [0.15, 0.2) is 30.3 Å². The number of hydrogen-bond donors (Lipinski definition) is 0. The van der Waals surface area contributed by atoms with Crippen LogP contribution in [0.3, 0.4) is 0 Å². The Bertz CT molecular complexity index is 439. The van der Waals surface area contributed by atoms with Crippen molar-refractivity contribution in [3.63, 3.8) is 0 Å². The lowest BCUT2D eigenvalue weighted by atomic mass is 9.51. The molecule has 0 aromatic heterocycles. The van der Waals surface area contributed by atoms with Gasteiger partial charge in [0.25, 0.3) is 0 Å². The first-order valence-electron chi connectivity index (χ1n) is 7.56. The molecule has 5 rings (SSSR count). The van der Waals surface area contributed by atoms with Gasteiger partial charge in [0.2, 0.25) is 0 Å². The van der Waals surface area contributed by atoms with E-state index in [0.717, 1.165) is 23.7 Å². The Morgan fingerprint density at radius 1 is 0.895 bits per heavy atom. The van der Waals surface area contributed by atoms with Crippen LogP contribution in [-0.4, -0.2) is 4.32 Å². The summed E-state index contributed by atoms with van der Waals surface area (Å²) < 4.78 is 0.293. The number of hydrogen-bond acceptors (Lipinski definition) is 0. The van der Waals surface area contributed by atoms with Crippen LogP contribution in [0.4, 0.5) is 0 Å². The summed E-state index contributed by atoms with van der Waals surface area (Å²) in [6.07, 6.45) is 7.33. The molecule has 1 aromatic rings. The molecule has 4 saturated carbocycles. The van der Waals surface area contributed by atoms with E-state index in [1.54, 1.807) is 0 Å². The van der Waals surface area contributed by atoms with Crippen molar-refractivity contribution in [2.45, 2.75) is 41.3 Å². The fourth-order valence-electron chi connectivity index (χ4n) is 5.20. The molecular formula is C17H20Br2. The van der Waals surface area contributed by atoms with Gasteiger partial charge in [0.05, 0.1) is 4.83 Å². The highest BCUT2D eigenvalue weighted by molar-refractivity contribution is 9.12. The molecule has 1 atom stereocenters. The minimum Gasteiger partial charge on any atom is -0.0831 e. The molecule has 19 heavy (non-hydrogen) atoms. The minimum absolute atomic E-state index is 0.293. The molecular weight excluding hydrogens is 364 g/mol. The smallest absolute Gasteiger partial charge is 0.0553 e. The number of benzene rings is 1. The quantitative estimate of drug-likeness (QED) is 0.573. The van der Waals surface area contributed by atoms with E-state index in [4.69, 9.17) is 0 Å². The normalized spacial score (nSPS) is 45.4. The molecule has 102 valence electrons. The Hall–Kier alpha value is 0.180. The zero-order chi connectivity index (χ0) is 13.0. The van der Waals surface area contributed by atoms with Crippen LogP contribution in [0, 0.1) is 23.7 Å². The second-order valence-corrected chi connectivity index (χ2v) is 9.19. The van der Waals surface area contributed by atoms with Gasteiger partial charge in [-0.05, 0) is 61.3 Å². The minimum atomic E-state index is 0.293. The van der Waals surface area contributed by atoms with Crippen LogP contribution in [0.1, 0.15) is 42.5 Å². The summed E-state index contributed by atoms with van der Waals surface area (Å²) in [5.41, 5.74) is 1.44. The molecule has 2 heteroatoms. The van der Waals surface area contributed by atoms with Crippen molar-refractivity contribution in [3.05, 3.63) is 35.9 Å². The molecule has 0 N–H and O–H groups in total. The largest absolute Gasteiger partial charge is 0.0831 e. The number of alkyl halides is 2. The maximum atomic E-state index is 4.24. The molecule has 1 aromatic carbocycles. The van der Waals surface area contributed by atoms with Crippen LogP contribution in [0.5, 0.6) is 0 Å². The third kappa shape index (κ3) is 1.89. The lowest BCUT2D eigenvalue weighted by molar-refractivity contribution is -0.0138. The van der Waals surface area contributed by atoms with Crippen molar-refractivity contribution in [3.8, 4) is 0 Å². The summed E-state index contributed by atoms with van der Waals surface area (Å²) in [7, 11) is 0. The van der Waals surface area contributed by atoms with Crippen LogP contribution in [0.25, 0.3) is 0 Å². The van der Waals surface area contributed by atoms with Gasteiger partial charge in [-0.3, -0.25) is 0 Å². The van der Waals surface area contributed by atoms with E-state index in [-0.39, 0.29) is 0 Å². The van der Waals surface area contributed by atoms with Gasteiger partial charge >= 0.3 is 0 Å². The fraction of sp³-hybridized carbons (Fsp3) is 0.647. The van der Waals surface area contributed by atoms with Gasteiger partial charge < -0.3 is 0 Å². The third-order valence-corrected chi connectivity index (χ3v) is 9.52. The van der Waals surface area contributed by atoms with Crippen molar-refractivity contribution in [1.29, 1.82) is 0 Å². The highest BCUT2D eigenvalue weighted by Gasteiger charge is 2.58. The van der Waals surface area contributed by atoms with Gasteiger partial charge in [0.15, 0.2) is 0 Å². The maximum Gasteiger partial charge on any atom is 0.0553 e. The SMILES string of the molecule is BrC(c1ccccc1)C1(Br)C2CC3CC(C2)CC1C3. The summed E-state index contributed by atoms with van der Waals surface area (Å²) in [5.74, 6) is 3.80. The zero-order valence-electron chi connectivity index (χ0n) is 11.1. The molecule has 0 aliphatic heterocycles. The van der Waals surface area contributed by atoms with E-state index in [0.29, 0.717) is 9.15 Å². The van der Waals surface area contributed by atoms with Crippen molar-refractivity contribution in [2.24, 2.45) is 23.7 Å². The third-order valence-electron chi connectivity index (χ3n) is 5.87. The number of rotatable bonds is 2. The Morgan fingerprint density at radius 3 is 1.95 bits per heavy atom. The van der Waals surface area contributed by atoms with Crippen LogP contribution < -0.4 is 0 Å². The topological polar surface area (TPSA) is 0 Å². The summed E-state index contributed by atoms with van der Waals surface area (Å²) in [6, 6.07) is 11.0. The molecule has 0 saturated heterocycles. The highest BCUT2D eigenvalue weighted by atomic mass is 79.9. The summed E-state index contributed by atoms with van der Waals surface area (Å²) in [4.78, 5) is 0.455. The molecule has 0 heterocycles. The van der Waals surface area contributed by atoms with Crippen molar-refractivity contribution in [1.82, 2.24) is 0 Å². The monoisotopic (exact) mass is 382 g/mol. The van der Waals surface area contributed by atoms with Crippen molar-refractivity contribution >= 4 is 31.9 Å². The molecule has 4 aliphatic rings. The average Bonchev–Trinajstić information content (AvgIpc) is 2.44. The van der Waals surface area contributed by atoms with Crippen LogP contribution in [0.2, 0.25) is 0 Å². The zero-order valence-corrected chi connectivity index (χ0v) is 14.2. The Labute approximate surface area is 132 Å². The Balaban J connectivity index is 1.69.